The Hall–Kier alpha value is -1.64. The van der Waals surface area contributed by atoms with Crippen molar-refractivity contribution in [3.05, 3.63) is 30.0 Å². The van der Waals surface area contributed by atoms with Crippen LogP contribution in [-0.2, 0) is 0 Å². The third-order valence-electron chi connectivity index (χ3n) is 4.31. The molecule has 1 heterocycles. The highest BCUT2D eigenvalue weighted by atomic mass is 15.0. The standard InChI is InChI=1S/C17H23N3/c1-13-17(18-12-11-14-7-3-2-4-8-14)20-16-10-6-5-9-15(16)19-13/h5-6,9-10,14H,2-4,7-8,11-12H2,1H3,(H,18,20). The van der Waals surface area contributed by atoms with Crippen LogP contribution >= 0.6 is 0 Å². The Labute approximate surface area is 120 Å². The number of hydrogen-bond donors (Lipinski definition) is 1. The second kappa shape index (κ2) is 6.21. The van der Waals surface area contributed by atoms with Gasteiger partial charge in [0, 0.05) is 6.54 Å². The zero-order valence-electron chi connectivity index (χ0n) is 12.2. The van der Waals surface area contributed by atoms with Crippen LogP contribution in [0.5, 0.6) is 0 Å². The maximum atomic E-state index is 4.68. The monoisotopic (exact) mass is 269 g/mol. The van der Waals surface area contributed by atoms with Gasteiger partial charge in [0.1, 0.15) is 5.82 Å². The number of aryl methyl sites for hydroxylation is 1. The van der Waals surface area contributed by atoms with Crippen LogP contribution in [0.1, 0.15) is 44.2 Å². The van der Waals surface area contributed by atoms with E-state index in [2.05, 4.69) is 15.3 Å². The fourth-order valence-corrected chi connectivity index (χ4v) is 3.13. The van der Waals surface area contributed by atoms with Crippen LogP contribution in [0.25, 0.3) is 11.0 Å². The van der Waals surface area contributed by atoms with E-state index in [1.54, 1.807) is 0 Å². The number of benzene rings is 1. The number of aromatic nitrogens is 2. The number of nitrogens with zero attached hydrogens (tertiary/aromatic N) is 2. The van der Waals surface area contributed by atoms with Gasteiger partial charge in [-0.2, -0.15) is 0 Å². The van der Waals surface area contributed by atoms with Gasteiger partial charge in [0.15, 0.2) is 0 Å². The Kier molecular flexibility index (Phi) is 4.14. The fourth-order valence-electron chi connectivity index (χ4n) is 3.13. The molecular weight excluding hydrogens is 246 g/mol. The molecule has 3 heteroatoms. The molecule has 0 bridgehead atoms. The Morgan fingerprint density at radius 1 is 1.05 bits per heavy atom. The van der Waals surface area contributed by atoms with Gasteiger partial charge in [0.2, 0.25) is 0 Å². The fraction of sp³-hybridized carbons (Fsp3) is 0.529. The molecule has 0 amide bonds. The third kappa shape index (κ3) is 3.09. The minimum atomic E-state index is 0.907. The Bertz CT molecular complexity index is 573. The summed E-state index contributed by atoms with van der Waals surface area (Å²) >= 11 is 0. The average Bonchev–Trinajstić information content (AvgIpc) is 2.49. The van der Waals surface area contributed by atoms with E-state index in [-0.39, 0.29) is 0 Å². The molecule has 0 saturated heterocycles. The van der Waals surface area contributed by atoms with Crippen LogP contribution in [0.4, 0.5) is 5.82 Å². The van der Waals surface area contributed by atoms with E-state index >= 15 is 0 Å². The van der Waals surface area contributed by atoms with Gasteiger partial charge in [0.25, 0.3) is 0 Å². The van der Waals surface area contributed by atoms with Crippen molar-refractivity contribution in [3.63, 3.8) is 0 Å². The maximum Gasteiger partial charge on any atom is 0.148 e. The van der Waals surface area contributed by atoms with Gasteiger partial charge < -0.3 is 5.32 Å². The SMILES string of the molecule is Cc1nc2ccccc2nc1NCCC1CCCCC1. The second-order valence-corrected chi connectivity index (χ2v) is 5.87. The predicted molar refractivity (Wildman–Crippen MR) is 84.0 cm³/mol. The van der Waals surface area contributed by atoms with Crippen molar-refractivity contribution in [1.82, 2.24) is 9.97 Å². The van der Waals surface area contributed by atoms with Crippen molar-refractivity contribution in [2.24, 2.45) is 5.92 Å². The Morgan fingerprint density at radius 3 is 2.50 bits per heavy atom. The van der Waals surface area contributed by atoms with Crippen molar-refractivity contribution in [1.29, 1.82) is 0 Å². The molecule has 1 fully saturated rings. The summed E-state index contributed by atoms with van der Waals surface area (Å²) in [6, 6.07) is 8.06. The molecule has 1 aliphatic rings. The van der Waals surface area contributed by atoms with Gasteiger partial charge in [0.05, 0.1) is 16.7 Å². The minimum Gasteiger partial charge on any atom is -0.369 e. The summed E-state index contributed by atoms with van der Waals surface area (Å²) < 4.78 is 0. The first-order valence-electron chi connectivity index (χ1n) is 7.80. The topological polar surface area (TPSA) is 37.8 Å². The lowest BCUT2D eigenvalue weighted by atomic mass is 9.87. The van der Waals surface area contributed by atoms with Crippen molar-refractivity contribution >= 4 is 16.9 Å². The normalized spacial score (nSPS) is 16.4. The lowest BCUT2D eigenvalue weighted by molar-refractivity contribution is 0.345. The number of fused-ring (bicyclic) bond motifs is 1. The first-order valence-corrected chi connectivity index (χ1v) is 7.80. The molecule has 2 aromatic rings. The van der Waals surface area contributed by atoms with E-state index in [0.29, 0.717) is 0 Å². The molecule has 0 atom stereocenters. The first kappa shape index (κ1) is 13.3. The molecule has 1 aromatic carbocycles. The van der Waals surface area contributed by atoms with Crippen LogP contribution < -0.4 is 5.32 Å². The van der Waals surface area contributed by atoms with E-state index < -0.39 is 0 Å². The second-order valence-electron chi connectivity index (χ2n) is 5.87. The number of hydrogen-bond acceptors (Lipinski definition) is 3. The third-order valence-corrected chi connectivity index (χ3v) is 4.31. The maximum absolute atomic E-state index is 4.68. The average molecular weight is 269 g/mol. The van der Waals surface area contributed by atoms with E-state index in [1.165, 1.54) is 38.5 Å². The minimum absolute atomic E-state index is 0.907. The van der Waals surface area contributed by atoms with E-state index in [0.717, 1.165) is 35.0 Å². The molecule has 0 spiro atoms. The lowest BCUT2D eigenvalue weighted by Crippen LogP contribution is -2.13. The lowest BCUT2D eigenvalue weighted by Gasteiger charge is -2.21. The van der Waals surface area contributed by atoms with Crippen LogP contribution in [0, 0.1) is 12.8 Å². The molecule has 20 heavy (non-hydrogen) atoms. The number of anilines is 1. The van der Waals surface area contributed by atoms with E-state index in [4.69, 9.17) is 0 Å². The van der Waals surface area contributed by atoms with Gasteiger partial charge in [-0.1, -0.05) is 44.2 Å². The van der Waals surface area contributed by atoms with Crippen LogP contribution in [-0.4, -0.2) is 16.5 Å². The van der Waals surface area contributed by atoms with E-state index in [9.17, 15) is 0 Å². The summed E-state index contributed by atoms with van der Waals surface area (Å²) in [7, 11) is 0. The highest BCUT2D eigenvalue weighted by Crippen LogP contribution is 2.26. The van der Waals surface area contributed by atoms with E-state index in [1.807, 2.05) is 31.2 Å². The molecule has 1 N–H and O–H groups in total. The van der Waals surface area contributed by atoms with Gasteiger partial charge in [-0.25, -0.2) is 9.97 Å². The summed E-state index contributed by atoms with van der Waals surface area (Å²) in [6.07, 6.45) is 8.33. The summed E-state index contributed by atoms with van der Waals surface area (Å²) in [5, 5.41) is 3.48. The van der Waals surface area contributed by atoms with Crippen molar-refractivity contribution in [3.8, 4) is 0 Å². The van der Waals surface area contributed by atoms with Gasteiger partial charge in [-0.15, -0.1) is 0 Å². The summed E-state index contributed by atoms with van der Waals surface area (Å²) in [5.41, 5.74) is 2.94. The van der Waals surface area contributed by atoms with Crippen LogP contribution in [0.3, 0.4) is 0 Å². The zero-order valence-corrected chi connectivity index (χ0v) is 12.2. The van der Waals surface area contributed by atoms with Crippen molar-refractivity contribution in [2.45, 2.75) is 45.4 Å². The predicted octanol–water partition coefficient (Wildman–Crippen LogP) is 4.32. The molecule has 3 rings (SSSR count). The Balaban J connectivity index is 1.63. The highest BCUT2D eigenvalue weighted by molar-refractivity contribution is 5.76. The summed E-state index contributed by atoms with van der Waals surface area (Å²) in [4.78, 5) is 9.30. The molecule has 0 radical (unpaired) electrons. The molecule has 1 saturated carbocycles. The zero-order chi connectivity index (χ0) is 13.8. The van der Waals surface area contributed by atoms with Crippen molar-refractivity contribution in [2.75, 3.05) is 11.9 Å². The number of rotatable bonds is 4. The summed E-state index contributed by atoms with van der Waals surface area (Å²) in [6.45, 7) is 3.04. The van der Waals surface area contributed by atoms with Crippen LogP contribution in [0.2, 0.25) is 0 Å². The van der Waals surface area contributed by atoms with Crippen LogP contribution in [0.15, 0.2) is 24.3 Å². The molecule has 106 valence electrons. The van der Waals surface area contributed by atoms with Gasteiger partial charge >= 0.3 is 0 Å². The summed E-state index contributed by atoms with van der Waals surface area (Å²) in [5.74, 6) is 1.85. The highest BCUT2D eigenvalue weighted by Gasteiger charge is 2.13. The number of para-hydroxylation sites is 2. The molecule has 0 unspecified atom stereocenters. The molecule has 1 aromatic heterocycles. The molecule has 1 aliphatic carbocycles. The number of nitrogens with one attached hydrogen (secondary N) is 1. The molecular formula is C17H23N3. The largest absolute Gasteiger partial charge is 0.369 e. The molecule has 3 nitrogen and oxygen atoms in total. The Morgan fingerprint density at radius 2 is 1.75 bits per heavy atom. The van der Waals surface area contributed by atoms with Gasteiger partial charge in [-0.3, -0.25) is 0 Å². The first-order chi connectivity index (χ1) is 9.83. The quantitative estimate of drug-likeness (QED) is 0.898. The van der Waals surface area contributed by atoms with Gasteiger partial charge in [-0.05, 0) is 31.4 Å². The van der Waals surface area contributed by atoms with Crippen molar-refractivity contribution < 1.29 is 0 Å². The smallest absolute Gasteiger partial charge is 0.148 e. The molecule has 0 aliphatic heterocycles.